The topological polar surface area (TPSA) is 26.3 Å². The van der Waals surface area contributed by atoms with E-state index in [4.69, 9.17) is 4.74 Å². The van der Waals surface area contributed by atoms with Crippen molar-refractivity contribution in [2.45, 2.75) is 40.0 Å². The van der Waals surface area contributed by atoms with Crippen molar-refractivity contribution in [1.29, 1.82) is 0 Å². The Bertz CT molecular complexity index is 692. The summed E-state index contributed by atoms with van der Waals surface area (Å²) in [5, 5.41) is 1.04. The van der Waals surface area contributed by atoms with E-state index in [9.17, 15) is 4.79 Å². The van der Waals surface area contributed by atoms with Gasteiger partial charge in [0.1, 0.15) is 5.75 Å². The summed E-state index contributed by atoms with van der Waals surface area (Å²) in [5.74, 6) is 0.813. The maximum absolute atomic E-state index is 12.8. The first-order chi connectivity index (χ1) is 10.7. The van der Waals surface area contributed by atoms with E-state index in [0.717, 1.165) is 27.7 Å². The summed E-state index contributed by atoms with van der Waals surface area (Å²) < 4.78 is 5.16. The van der Waals surface area contributed by atoms with Gasteiger partial charge in [-0.25, -0.2) is 0 Å². The molecule has 0 heterocycles. The van der Waals surface area contributed by atoms with Crippen LogP contribution in [0.15, 0.2) is 36.4 Å². The van der Waals surface area contributed by atoms with Crippen LogP contribution in [0.1, 0.15) is 47.8 Å². The molecule has 0 saturated carbocycles. The molecule has 0 amide bonds. The molecule has 2 nitrogen and oxygen atoms in total. The fraction of sp³-hybridized carbons (Fsp3) is 0.350. The summed E-state index contributed by atoms with van der Waals surface area (Å²) in [6, 6.07) is 12.0. The Morgan fingerprint density at radius 1 is 1.00 bits per heavy atom. The van der Waals surface area contributed by atoms with E-state index >= 15 is 0 Å². The normalized spacial score (nSPS) is 11.4. The first-order valence-corrected chi connectivity index (χ1v) is 8.79. The van der Waals surface area contributed by atoms with E-state index in [-0.39, 0.29) is 38.4 Å². The van der Waals surface area contributed by atoms with Gasteiger partial charge in [0.2, 0.25) is 0 Å². The van der Waals surface area contributed by atoms with Crippen molar-refractivity contribution in [3.63, 3.8) is 0 Å². The predicted molar refractivity (Wildman–Crippen MR) is 107 cm³/mol. The van der Waals surface area contributed by atoms with Gasteiger partial charge in [-0.15, -0.1) is 0 Å². The van der Waals surface area contributed by atoms with Crippen molar-refractivity contribution in [1.82, 2.24) is 0 Å². The van der Waals surface area contributed by atoms with Gasteiger partial charge in [-0.05, 0) is 62.0 Å². The Labute approximate surface area is 159 Å². The Morgan fingerprint density at radius 2 is 1.50 bits per heavy atom. The number of methoxy groups -OCH3 is 1. The maximum atomic E-state index is 12.8. The van der Waals surface area contributed by atoms with Gasteiger partial charge in [0.05, 0.1) is 7.11 Å². The molecular weight excluding hydrogens is 310 g/mol. The van der Waals surface area contributed by atoms with E-state index in [1.54, 1.807) is 7.11 Å². The fourth-order valence-corrected chi connectivity index (χ4v) is 3.74. The van der Waals surface area contributed by atoms with Gasteiger partial charge in [-0.3, -0.25) is 4.79 Å². The van der Waals surface area contributed by atoms with Gasteiger partial charge in [-0.1, -0.05) is 45.0 Å². The minimum absolute atomic E-state index is 0. The van der Waals surface area contributed by atoms with Gasteiger partial charge in [0.15, 0.2) is 5.52 Å². The Kier molecular flexibility index (Phi) is 7.30. The molecule has 0 fully saturated rings. The molecule has 0 spiro atoms. The summed E-state index contributed by atoms with van der Waals surface area (Å²) in [7, 11) is 1.78. The molecule has 124 valence electrons. The van der Waals surface area contributed by atoms with E-state index in [0.29, 0.717) is 0 Å². The van der Waals surface area contributed by atoms with Crippen LogP contribution in [0, 0.1) is 13.8 Å². The molecule has 2 rings (SSSR count). The molecule has 0 aliphatic rings. The van der Waals surface area contributed by atoms with Crippen LogP contribution >= 0.6 is 8.58 Å². The molecular formula is C20H26LiO2P. The second kappa shape index (κ2) is 8.35. The number of hydrogen-bond donors (Lipinski definition) is 0. The molecule has 0 N–H and O–H groups in total. The quantitative estimate of drug-likeness (QED) is 0.620. The van der Waals surface area contributed by atoms with Crippen LogP contribution in [-0.4, -0.2) is 31.5 Å². The van der Waals surface area contributed by atoms with Crippen molar-refractivity contribution in [3.8, 4) is 5.75 Å². The molecule has 2 aromatic carbocycles. The van der Waals surface area contributed by atoms with E-state index in [1.807, 2.05) is 38.1 Å². The molecule has 0 saturated heterocycles. The third-order valence-corrected chi connectivity index (χ3v) is 5.07. The third kappa shape index (κ3) is 4.97. The van der Waals surface area contributed by atoms with Crippen LogP contribution in [0.25, 0.3) is 0 Å². The van der Waals surface area contributed by atoms with Crippen LogP contribution in [0.3, 0.4) is 0 Å². The number of carbonyl (C=O) groups excluding carboxylic acids is 1. The molecule has 0 radical (unpaired) electrons. The van der Waals surface area contributed by atoms with Crippen molar-refractivity contribution in [2.24, 2.45) is 0 Å². The zero-order chi connectivity index (χ0) is 17.2. The Morgan fingerprint density at radius 3 is 1.92 bits per heavy atom. The summed E-state index contributed by atoms with van der Waals surface area (Å²) in [6.07, 6.45) is 0. The Balaban J connectivity index is 0.00000288. The summed E-state index contributed by atoms with van der Waals surface area (Å²) >= 11 is 0. The molecule has 0 aliphatic carbocycles. The second-order valence-corrected chi connectivity index (χ2v) is 8.20. The van der Waals surface area contributed by atoms with E-state index in [2.05, 4.69) is 32.9 Å². The average Bonchev–Trinajstić information content (AvgIpc) is 2.46. The molecule has 2 aromatic rings. The molecule has 0 aliphatic heterocycles. The van der Waals surface area contributed by atoms with Crippen molar-refractivity contribution < 1.29 is 9.53 Å². The van der Waals surface area contributed by atoms with Gasteiger partial charge in [0, 0.05) is 5.56 Å². The van der Waals surface area contributed by atoms with Crippen molar-refractivity contribution in [2.75, 3.05) is 7.11 Å². The number of carbonyl (C=O) groups is 1. The number of benzene rings is 2. The molecule has 24 heavy (non-hydrogen) atoms. The number of rotatable bonds is 4. The van der Waals surface area contributed by atoms with Crippen LogP contribution in [-0.2, 0) is 5.41 Å². The third-order valence-electron chi connectivity index (χ3n) is 3.97. The fourth-order valence-electron chi connectivity index (χ4n) is 2.62. The average molecular weight is 336 g/mol. The number of hydrogen-bond acceptors (Lipinski definition) is 2. The van der Waals surface area contributed by atoms with Gasteiger partial charge >= 0.3 is 18.9 Å². The first-order valence-electron chi connectivity index (χ1n) is 7.79. The molecule has 1 atom stereocenters. The van der Waals surface area contributed by atoms with Crippen molar-refractivity contribution in [3.05, 3.63) is 58.7 Å². The number of ether oxygens (including phenoxy) is 1. The van der Waals surface area contributed by atoms with Gasteiger partial charge < -0.3 is 4.74 Å². The standard InChI is InChI=1S/C20H25O2P.Li.H/c1-13-11-15(20(3,4)5)12-14(2)18(13)19(21)23-17-9-7-16(22-6)8-10-17;;/h7-12,23H,1-6H3;;. The molecule has 1 unspecified atom stereocenters. The minimum atomic E-state index is 0. The van der Waals surface area contributed by atoms with Gasteiger partial charge in [-0.2, -0.15) is 0 Å². The van der Waals surface area contributed by atoms with Crippen LogP contribution in [0.5, 0.6) is 5.75 Å². The zero-order valence-electron chi connectivity index (χ0n) is 14.8. The summed E-state index contributed by atoms with van der Waals surface area (Å²) in [4.78, 5) is 12.8. The monoisotopic (exact) mass is 336 g/mol. The van der Waals surface area contributed by atoms with E-state index in [1.165, 1.54) is 5.56 Å². The molecule has 4 heteroatoms. The van der Waals surface area contributed by atoms with E-state index < -0.39 is 0 Å². The molecule has 0 aromatic heterocycles. The zero-order valence-corrected chi connectivity index (χ0v) is 15.8. The predicted octanol–water partition coefficient (Wildman–Crippen LogP) is 4.11. The van der Waals surface area contributed by atoms with Crippen LogP contribution in [0.2, 0.25) is 0 Å². The summed E-state index contributed by atoms with van der Waals surface area (Å²) in [5.41, 5.74) is 4.58. The molecule has 0 bridgehead atoms. The van der Waals surface area contributed by atoms with Gasteiger partial charge in [0.25, 0.3) is 0 Å². The second-order valence-electron chi connectivity index (χ2n) is 6.92. The summed E-state index contributed by atoms with van der Waals surface area (Å²) in [6.45, 7) is 10.7. The first kappa shape index (κ1) is 21.0. The number of aryl methyl sites for hydroxylation is 2. The van der Waals surface area contributed by atoms with Crippen LogP contribution < -0.4 is 10.0 Å². The van der Waals surface area contributed by atoms with Crippen molar-refractivity contribution >= 4 is 38.3 Å². The van der Waals surface area contributed by atoms with Crippen LogP contribution in [0.4, 0.5) is 0 Å². The SMILES string of the molecule is COc1ccc(PC(=O)c2c(C)cc(C(C)(C)C)cc2C)cc1.[LiH]. The Hall–Kier alpha value is -1.06.